The zero-order chi connectivity index (χ0) is 19.4. The highest BCUT2D eigenvalue weighted by atomic mass is 16.5. The molecule has 0 bridgehead atoms. The fraction of sp³-hybridized carbons (Fsp3) is 0.421. The minimum absolute atomic E-state index is 0.192. The number of carbonyl (C=O) groups is 2. The van der Waals surface area contributed by atoms with E-state index in [1.54, 1.807) is 13.0 Å². The van der Waals surface area contributed by atoms with E-state index in [4.69, 9.17) is 14.3 Å². The van der Waals surface area contributed by atoms with Gasteiger partial charge in [-0.3, -0.25) is 4.79 Å². The number of benzene rings is 1. The summed E-state index contributed by atoms with van der Waals surface area (Å²) in [4.78, 5) is 35.8. The van der Waals surface area contributed by atoms with Gasteiger partial charge in [0, 0.05) is 0 Å². The van der Waals surface area contributed by atoms with Crippen molar-refractivity contribution in [3.8, 4) is 5.75 Å². The number of carboxylic acids is 1. The predicted octanol–water partition coefficient (Wildman–Crippen LogP) is 2.33. The molecule has 2 aromatic rings. The van der Waals surface area contributed by atoms with Crippen LogP contribution in [0.15, 0.2) is 21.3 Å². The number of amides is 1. The summed E-state index contributed by atoms with van der Waals surface area (Å²) >= 11 is 0. The molecule has 0 aliphatic carbocycles. The van der Waals surface area contributed by atoms with Crippen LogP contribution in [0.5, 0.6) is 5.75 Å². The van der Waals surface area contributed by atoms with Crippen LogP contribution in [0.3, 0.4) is 0 Å². The summed E-state index contributed by atoms with van der Waals surface area (Å²) < 4.78 is 10.7. The molecule has 1 heterocycles. The van der Waals surface area contributed by atoms with Crippen LogP contribution in [-0.4, -0.2) is 30.1 Å². The van der Waals surface area contributed by atoms with Crippen LogP contribution in [-0.2, 0) is 16.0 Å². The molecule has 0 radical (unpaired) electrons. The van der Waals surface area contributed by atoms with Crippen molar-refractivity contribution in [3.05, 3.63) is 39.2 Å². The molecule has 1 amide bonds. The van der Waals surface area contributed by atoms with E-state index in [1.165, 1.54) is 7.11 Å². The molecule has 1 aromatic carbocycles. The number of aliphatic carboxylic acids is 1. The minimum Gasteiger partial charge on any atom is -0.496 e. The van der Waals surface area contributed by atoms with Gasteiger partial charge in [-0.25, -0.2) is 9.59 Å². The number of rotatable bonds is 7. The molecular weight excluding hydrogens is 338 g/mol. The van der Waals surface area contributed by atoms with Crippen molar-refractivity contribution in [2.45, 2.75) is 46.1 Å². The second kappa shape index (κ2) is 8.03. The highest BCUT2D eigenvalue weighted by molar-refractivity contribution is 5.90. The summed E-state index contributed by atoms with van der Waals surface area (Å²) in [5.41, 5.74) is 1.44. The number of methoxy groups -OCH3 is 1. The van der Waals surface area contributed by atoms with Crippen molar-refractivity contribution < 1.29 is 23.8 Å². The minimum atomic E-state index is -1.10. The number of ether oxygens (including phenoxy) is 1. The van der Waals surface area contributed by atoms with Gasteiger partial charge in [-0.1, -0.05) is 13.3 Å². The Morgan fingerprint density at radius 1 is 1.31 bits per heavy atom. The topological polar surface area (TPSA) is 106 Å². The number of hydrogen-bond acceptors (Lipinski definition) is 5. The Balaban J connectivity index is 2.41. The predicted molar refractivity (Wildman–Crippen MR) is 96.7 cm³/mol. The SMILES string of the molecule is CCC[C@@H](NC(=O)Cc1c(C)c2c(OC)cc(C)cc2oc1=O)C(=O)O. The van der Waals surface area contributed by atoms with E-state index in [2.05, 4.69) is 5.32 Å². The number of aryl methyl sites for hydroxylation is 2. The molecule has 2 rings (SSSR count). The molecular formula is C19H23NO6. The third-order valence-corrected chi connectivity index (χ3v) is 4.25. The largest absolute Gasteiger partial charge is 0.496 e. The molecule has 26 heavy (non-hydrogen) atoms. The Morgan fingerprint density at radius 2 is 2.00 bits per heavy atom. The lowest BCUT2D eigenvalue weighted by molar-refractivity contribution is -0.141. The van der Waals surface area contributed by atoms with Crippen LogP contribution in [0, 0.1) is 13.8 Å². The molecule has 7 nitrogen and oxygen atoms in total. The van der Waals surface area contributed by atoms with Gasteiger partial charge in [-0.05, 0) is 43.5 Å². The van der Waals surface area contributed by atoms with Crippen molar-refractivity contribution in [1.29, 1.82) is 0 Å². The second-order valence-electron chi connectivity index (χ2n) is 6.26. The number of hydrogen-bond donors (Lipinski definition) is 2. The Bertz CT molecular complexity index is 899. The van der Waals surface area contributed by atoms with Gasteiger partial charge in [0.15, 0.2) is 0 Å². The first-order valence-corrected chi connectivity index (χ1v) is 8.41. The Hall–Kier alpha value is -2.83. The van der Waals surface area contributed by atoms with Crippen molar-refractivity contribution in [2.75, 3.05) is 7.11 Å². The molecule has 0 saturated carbocycles. The molecule has 0 saturated heterocycles. The molecule has 0 aliphatic heterocycles. The third kappa shape index (κ3) is 4.04. The quantitative estimate of drug-likeness (QED) is 0.733. The lowest BCUT2D eigenvalue weighted by Crippen LogP contribution is -2.41. The van der Waals surface area contributed by atoms with Crippen molar-refractivity contribution in [2.24, 2.45) is 0 Å². The van der Waals surface area contributed by atoms with Gasteiger partial charge in [-0.15, -0.1) is 0 Å². The highest BCUT2D eigenvalue weighted by Crippen LogP contribution is 2.30. The Kier molecular flexibility index (Phi) is 6.02. The van der Waals surface area contributed by atoms with Crippen LogP contribution < -0.4 is 15.7 Å². The van der Waals surface area contributed by atoms with Gasteiger partial charge in [-0.2, -0.15) is 0 Å². The fourth-order valence-corrected chi connectivity index (χ4v) is 2.95. The van der Waals surface area contributed by atoms with Gasteiger partial charge >= 0.3 is 11.6 Å². The standard InChI is InChI=1S/C19H23NO6/c1-5-6-13(18(22)23)20-16(21)9-12-11(3)17-14(25-4)7-10(2)8-15(17)26-19(12)24/h7-8,13H,5-6,9H2,1-4H3,(H,20,21)(H,22,23)/t13-/m1/s1. The first-order chi connectivity index (χ1) is 12.3. The van der Waals surface area contributed by atoms with E-state index in [1.807, 2.05) is 19.9 Å². The molecule has 2 N–H and O–H groups in total. The summed E-state index contributed by atoms with van der Waals surface area (Å²) in [6.45, 7) is 5.41. The Morgan fingerprint density at radius 3 is 2.58 bits per heavy atom. The smallest absolute Gasteiger partial charge is 0.340 e. The average molecular weight is 361 g/mol. The third-order valence-electron chi connectivity index (χ3n) is 4.25. The van der Waals surface area contributed by atoms with Crippen molar-refractivity contribution in [3.63, 3.8) is 0 Å². The van der Waals surface area contributed by atoms with Crippen molar-refractivity contribution >= 4 is 22.8 Å². The number of carbonyl (C=O) groups excluding carboxylic acids is 1. The molecule has 0 fully saturated rings. The summed E-state index contributed by atoms with van der Waals surface area (Å²) in [6.07, 6.45) is 0.680. The van der Waals surface area contributed by atoms with Gasteiger partial charge < -0.3 is 19.6 Å². The van der Waals surface area contributed by atoms with E-state index in [9.17, 15) is 14.4 Å². The van der Waals surface area contributed by atoms with Gasteiger partial charge in [0.2, 0.25) is 5.91 Å². The lowest BCUT2D eigenvalue weighted by Gasteiger charge is -2.15. The zero-order valence-electron chi connectivity index (χ0n) is 15.3. The van der Waals surface area contributed by atoms with E-state index < -0.39 is 23.5 Å². The van der Waals surface area contributed by atoms with Gasteiger partial charge in [0.1, 0.15) is 17.4 Å². The monoisotopic (exact) mass is 361 g/mol. The molecule has 7 heteroatoms. The van der Waals surface area contributed by atoms with E-state index in [0.717, 1.165) is 5.56 Å². The lowest BCUT2D eigenvalue weighted by atomic mass is 10.0. The maximum atomic E-state index is 12.3. The van der Waals surface area contributed by atoms with Crippen LogP contribution in [0.4, 0.5) is 0 Å². The number of fused-ring (bicyclic) bond motifs is 1. The van der Waals surface area contributed by atoms with Crippen LogP contribution in [0.25, 0.3) is 11.0 Å². The van der Waals surface area contributed by atoms with Crippen LogP contribution in [0.1, 0.15) is 36.5 Å². The van der Waals surface area contributed by atoms with Gasteiger partial charge in [0.05, 0.1) is 24.5 Å². The first kappa shape index (κ1) is 19.5. The van der Waals surface area contributed by atoms with E-state index >= 15 is 0 Å². The molecule has 0 aliphatic rings. The maximum Gasteiger partial charge on any atom is 0.340 e. The summed E-state index contributed by atoms with van der Waals surface area (Å²) in [7, 11) is 1.52. The van der Waals surface area contributed by atoms with Crippen LogP contribution in [0.2, 0.25) is 0 Å². The summed E-state index contributed by atoms with van der Waals surface area (Å²) in [5.74, 6) is -1.08. The molecule has 0 spiro atoms. The maximum absolute atomic E-state index is 12.3. The summed E-state index contributed by atoms with van der Waals surface area (Å²) in [6, 6.07) is 2.58. The Labute approximate surface area is 151 Å². The fourth-order valence-electron chi connectivity index (χ4n) is 2.95. The zero-order valence-corrected chi connectivity index (χ0v) is 15.3. The van der Waals surface area contributed by atoms with E-state index in [0.29, 0.717) is 35.1 Å². The number of nitrogens with one attached hydrogen (secondary N) is 1. The van der Waals surface area contributed by atoms with Crippen LogP contribution >= 0.6 is 0 Å². The van der Waals surface area contributed by atoms with Crippen molar-refractivity contribution in [1.82, 2.24) is 5.32 Å². The average Bonchev–Trinajstić information content (AvgIpc) is 2.56. The molecule has 1 atom stereocenters. The second-order valence-corrected chi connectivity index (χ2v) is 6.26. The normalized spacial score (nSPS) is 12.0. The first-order valence-electron chi connectivity index (χ1n) is 8.41. The highest BCUT2D eigenvalue weighted by Gasteiger charge is 2.22. The van der Waals surface area contributed by atoms with Gasteiger partial charge in [0.25, 0.3) is 0 Å². The number of carboxylic acid groups (broad SMARTS) is 1. The molecule has 140 valence electrons. The van der Waals surface area contributed by atoms with E-state index in [-0.39, 0.29) is 12.0 Å². The summed E-state index contributed by atoms with van der Waals surface area (Å²) in [5, 5.41) is 12.2. The molecule has 0 unspecified atom stereocenters. The molecule has 1 aromatic heterocycles.